The van der Waals surface area contributed by atoms with Crippen molar-refractivity contribution in [1.29, 1.82) is 0 Å². The maximum absolute atomic E-state index is 11.9. The maximum atomic E-state index is 11.9. The number of carbonyl (C=O) groups excluding carboxylic acids is 1. The Bertz CT molecular complexity index is 823. The van der Waals surface area contributed by atoms with E-state index in [0.717, 1.165) is 10.0 Å². The molecular weight excluding hydrogens is 354 g/mol. The van der Waals surface area contributed by atoms with Crippen molar-refractivity contribution in [3.05, 3.63) is 52.0 Å². The van der Waals surface area contributed by atoms with Crippen LogP contribution in [0.4, 0.5) is 0 Å². The Morgan fingerprint density at radius 1 is 1.23 bits per heavy atom. The Kier molecular flexibility index (Phi) is 3.00. The average molecular weight is 362 g/mol. The van der Waals surface area contributed by atoms with Crippen LogP contribution in [-0.4, -0.2) is 18.7 Å². The SMILES string of the molecule is O=C1OC(c2ccco2)=NC1=Cc1cc2c(cc1Br)OCO2. The molecule has 6 nitrogen and oxygen atoms in total. The highest BCUT2D eigenvalue weighted by molar-refractivity contribution is 9.10. The summed E-state index contributed by atoms with van der Waals surface area (Å²) in [6, 6.07) is 6.92. The Morgan fingerprint density at radius 2 is 2.05 bits per heavy atom. The third kappa shape index (κ3) is 2.19. The predicted octanol–water partition coefficient (Wildman–Crippen LogP) is 3.12. The second-order valence-corrected chi connectivity index (χ2v) is 5.39. The van der Waals surface area contributed by atoms with Crippen molar-refractivity contribution in [2.24, 2.45) is 4.99 Å². The van der Waals surface area contributed by atoms with Gasteiger partial charge in [0.1, 0.15) is 0 Å². The van der Waals surface area contributed by atoms with Crippen LogP contribution in [0.15, 0.2) is 50.1 Å². The van der Waals surface area contributed by atoms with Crippen LogP contribution in [0, 0.1) is 0 Å². The number of benzene rings is 1. The molecule has 2 aliphatic heterocycles. The third-order valence-corrected chi connectivity index (χ3v) is 3.82. The van der Waals surface area contributed by atoms with Gasteiger partial charge in [-0.15, -0.1) is 0 Å². The molecule has 0 radical (unpaired) electrons. The van der Waals surface area contributed by atoms with Crippen molar-refractivity contribution in [3.63, 3.8) is 0 Å². The van der Waals surface area contributed by atoms with E-state index in [2.05, 4.69) is 20.9 Å². The number of furan rings is 1. The fraction of sp³-hybridized carbons (Fsp3) is 0.0667. The summed E-state index contributed by atoms with van der Waals surface area (Å²) in [6.07, 6.45) is 3.10. The van der Waals surface area contributed by atoms with E-state index in [-0.39, 0.29) is 18.4 Å². The number of hydrogen-bond donors (Lipinski definition) is 0. The highest BCUT2D eigenvalue weighted by Crippen LogP contribution is 2.38. The van der Waals surface area contributed by atoms with Gasteiger partial charge < -0.3 is 18.6 Å². The molecule has 0 atom stereocenters. The van der Waals surface area contributed by atoms with Gasteiger partial charge in [0.05, 0.1) is 6.26 Å². The number of carbonyl (C=O) groups is 1. The summed E-state index contributed by atoms with van der Waals surface area (Å²) in [6.45, 7) is 0.185. The number of rotatable bonds is 2. The Morgan fingerprint density at radius 3 is 2.82 bits per heavy atom. The van der Waals surface area contributed by atoms with Crippen LogP contribution in [-0.2, 0) is 9.53 Å². The van der Waals surface area contributed by atoms with Crippen LogP contribution in [0.2, 0.25) is 0 Å². The minimum atomic E-state index is -0.532. The molecule has 1 aromatic heterocycles. The molecule has 0 amide bonds. The van der Waals surface area contributed by atoms with Gasteiger partial charge in [0.15, 0.2) is 23.0 Å². The van der Waals surface area contributed by atoms with Crippen molar-refractivity contribution in [2.45, 2.75) is 0 Å². The van der Waals surface area contributed by atoms with Crippen LogP contribution in [0.5, 0.6) is 11.5 Å². The van der Waals surface area contributed by atoms with Gasteiger partial charge >= 0.3 is 5.97 Å². The minimum Gasteiger partial charge on any atom is -0.459 e. The summed E-state index contributed by atoms with van der Waals surface area (Å²) in [4.78, 5) is 16.1. The van der Waals surface area contributed by atoms with Crippen LogP contribution < -0.4 is 9.47 Å². The van der Waals surface area contributed by atoms with E-state index < -0.39 is 5.97 Å². The van der Waals surface area contributed by atoms with E-state index in [1.165, 1.54) is 6.26 Å². The molecular formula is C15H8BrNO5. The number of hydrogen-bond acceptors (Lipinski definition) is 6. The zero-order chi connectivity index (χ0) is 15.1. The number of fused-ring (bicyclic) bond motifs is 1. The highest BCUT2D eigenvalue weighted by atomic mass is 79.9. The fourth-order valence-electron chi connectivity index (χ4n) is 2.11. The normalized spacial score (nSPS) is 17.8. The molecule has 7 heteroatoms. The summed E-state index contributed by atoms with van der Waals surface area (Å²) in [5.74, 6) is 1.30. The lowest BCUT2D eigenvalue weighted by Gasteiger charge is -2.01. The van der Waals surface area contributed by atoms with Crippen molar-refractivity contribution < 1.29 is 23.4 Å². The van der Waals surface area contributed by atoms with Crippen LogP contribution in [0.3, 0.4) is 0 Å². The molecule has 110 valence electrons. The van der Waals surface area contributed by atoms with E-state index in [0.29, 0.717) is 17.3 Å². The van der Waals surface area contributed by atoms with Gasteiger partial charge in [0, 0.05) is 4.47 Å². The van der Waals surface area contributed by atoms with Gasteiger partial charge in [-0.05, 0) is 35.9 Å². The van der Waals surface area contributed by atoms with Crippen molar-refractivity contribution in [3.8, 4) is 11.5 Å². The Labute approximate surface area is 133 Å². The molecule has 0 N–H and O–H groups in total. The Hall–Kier alpha value is -2.54. The molecule has 0 saturated heterocycles. The number of halogens is 1. The third-order valence-electron chi connectivity index (χ3n) is 3.14. The quantitative estimate of drug-likeness (QED) is 0.607. The standard InChI is InChI=1S/C15H8BrNO5/c16-9-6-13-12(20-7-21-13)5-8(9)4-10-15(18)22-14(17-10)11-2-1-3-19-11/h1-6H,7H2. The van der Waals surface area contributed by atoms with Crippen molar-refractivity contribution in [1.82, 2.24) is 0 Å². The zero-order valence-electron chi connectivity index (χ0n) is 11.0. The summed E-state index contributed by atoms with van der Waals surface area (Å²) in [5.41, 5.74) is 0.923. The molecule has 1 aromatic carbocycles. The lowest BCUT2D eigenvalue weighted by molar-refractivity contribution is -0.130. The first-order valence-corrected chi connectivity index (χ1v) is 7.15. The molecule has 0 unspecified atom stereocenters. The molecule has 0 saturated carbocycles. The van der Waals surface area contributed by atoms with Crippen LogP contribution >= 0.6 is 15.9 Å². The minimum absolute atomic E-state index is 0.151. The summed E-state index contributed by atoms with van der Waals surface area (Å²) >= 11 is 3.43. The molecule has 0 bridgehead atoms. The number of ether oxygens (including phenoxy) is 3. The van der Waals surface area contributed by atoms with E-state index in [1.54, 1.807) is 30.3 Å². The van der Waals surface area contributed by atoms with Crippen molar-refractivity contribution >= 4 is 33.9 Å². The molecule has 2 aliphatic rings. The molecule has 0 aliphatic carbocycles. The lowest BCUT2D eigenvalue weighted by Crippen LogP contribution is -2.04. The maximum Gasteiger partial charge on any atom is 0.363 e. The first kappa shape index (κ1) is 13.1. The largest absolute Gasteiger partial charge is 0.459 e. The van der Waals surface area contributed by atoms with E-state index in [4.69, 9.17) is 18.6 Å². The topological polar surface area (TPSA) is 70.3 Å². The molecule has 3 heterocycles. The lowest BCUT2D eigenvalue weighted by atomic mass is 10.1. The van der Waals surface area contributed by atoms with E-state index in [1.807, 2.05) is 0 Å². The monoisotopic (exact) mass is 361 g/mol. The van der Waals surface area contributed by atoms with Gasteiger partial charge in [-0.2, -0.15) is 0 Å². The molecule has 4 rings (SSSR count). The van der Waals surface area contributed by atoms with Crippen LogP contribution in [0.1, 0.15) is 11.3 Å². The first-order chi connectivity index (χ1) is 10.7. The second-order valence-electron chi connectivity index (χ2n) is 4.54. The second kappa shape index (κ2) is 5.03. The van der Waals surface area contributed by atoms with Crippen molar-refractivity contribution in [2.75, 3.05) is 6.79 Å². The summed E-state index contributed by atoms with van der Waals surface area (Å²) in [5, 5.41) is 0. The van der Waals surface area contributed by atoms with E-state index >= 15 is 0 Å². The van der Waals surface area contributed by atoms with Crippen LogP contribution in [0.25, 0.3) is 6.08 Å². The van der Waals surface area contributed by atoms with Gasteiger partial charge in [-0.25, -0.2) is 9.79 Å². The summed E-state index contributed by atoms with van der Waals surface area (Å²) in [7, 11) is 0. The predicted molar refractivity (Wildman–Crippen MR) is 79.6 cm³/mol. The Balaban J connectivity index is 1.72. The molecule has 0 spiro atoms. The fourth-order valence-corrected chi connectivity index (χ4v) is 2.54. The zero-order valence-corrected chi connectivity index (χ0v) is 12.6. The first-order valence-electron chi connectivity index (χ1n) is 6.36. The number of esters is 1. The van der Waals surface area contributed by atoms with Gasteiger partial charge in [0.2, 0.25) is 6.79 Å². The number of cyclic esters (lactones) is 1. The number of aliphatic imine (C=N–C) groups is 1. The number of nitrogens with zero attached hydrogens (tertiary/aromatic N) is 1. The van der Waals surface area contributed by atoms with Gasteiger partial charge in [-0.3, -0.25) is 0 Å². The summed E-state index contributed by atoms with van der Waals surface area (Å²) < 4.78 is 21.6. The smallest absolute Gasteiger partial charge is 0.363 e. The molecule has 0 fully saturated rings. The van der Waals surface area contributed by atoms with E-state index in [9.17, 15) is 4.79 Å². The van der Waals surface area contributed by atoms with Gasteiger partial charge in [-0.1, -0.05) is 15.9 Å². The van der Waals surface area contributed by atoms with Gasteiger partial charge in [0.25, 0.3) is 5.90 Å². The average Bonchev–Trinajstić information content (AvgIpc) is 3.21. The molecule has 22 heavy (non-hydrogen) atoms. The highest BCUT2D eigenvalue weighted by Gasteiger charge is 2.26. The molecule has 2 aromatic rings.